The van der Waals surface area contributed by atoms with Crippen LogP contribution in [0.15, 0.2) is 17.9 Å². The van der Waals surface area contributed by atoms with Crippen LogP contribution in [0.25, 0.3) is 16.3 Å². The van der Waals surface area contributed by atoms with Gasteiger partial charge in [0.25, 0.3) is 0 Å². The number of halogens is 3. The number of allylic oxidation sites excluding steroid dienone is 2. The smallest absolute Gasteiger partial charge is 0.416 e. The number of carbonyl (C=O) groups excluding carboxylic acids is 2. The number of ether oxygens (including phenoxy) is 1. The molecular weight excluding hydrogens is 407 g/mol. The van der Waals surface area contributed by atoms with Crippen molar-refractivity contribution in [3.8, 4) is 5.88 Å². The van der Waals surface area contributed by atoms with Gasteiger partial charge >= 0.3 is 6.18 Å². The minimum absolute atomic E-state index is 0.175. The highest BCUT2D eigenvalue weighted by atomic mass is 19.4. The van der Waals surface area contributed by atoms with Crippen LogP contribution in [0, 0.1) is 10.8 Å². The number of alkyl halides is 3. The van der Waals surface area contributed by atoms with Gasteiger partial charge in [0.2, 0.25) is 5.88 Å². The Labute approximate surface area is 177 Å². The molecule has 2 heterocycles. The molecule has 31 heavy (non-hydrogen) atoms. The van der Waals surface area contributed by atoms with Crippen molar-refractivity contribution < 1.29 is 27.5 Å². The van der Waals surface area contributed by atoms with Crippen molar-refractivity contribution in [2.45, 2.75) is 59.6 Å². The topological polar surface area (TPSA) is 56.3 Å². The molecule has 5 rings (SSSR count). The van der Waals surface area contributed by atoms with Crippen molar-refractivity contribution in [1.29, 1.82) is 0 Å². The molecule has 0 atom stereocenters. The molecule has 0 bridgehead atoms. The standard InChI is InChI=1S/C24H22F3NO3/c1-22(2)7-14-19(15(29)8-22)12-5-11(24(25,26)27)6-13-18(12)21(28-14)31-17-10-23(3,4)9-16(30)20(13)17/h5-6H,7-10H2,1-4H3. The first-order valence-corrected chi connectivity index (χ1v) is 10.3. The van der Waals surface area contributed by atoms with Crippen LogP contribution < -0.4 is 4.74 Å². The highest BCUT2D eigenvalue weighted by Crippen LogP contribution is 2.50. The third-order valence-corrected chi connectivity index (χ3v) is 6.36. The Hall–Kier alpha value is -2.70. The molecule has 0 saturated heterocycles. The average molecular weight is 429 g/mol. The van der Waals surface area contributed by atoms with Crippen LogP contribution in [0.2, 0.25) is 0 Å². The molecule has 0 saturated carbocycles. The first-order chi connectivity index (χ1) is 14.3. The zero-order valence-electron chi connectivity index (χ0n) is 17.8. The van der Waals surface area contributed by atoms with Crippen LogP contribution in [-0.4, -0.2) is 16.6 Å². The summed E-state index contributed by atoms with van der Waals surface area (Å²) in [5.74, 6) is 0.0737. The van der Waals surface area contributed by atoms with E-state index in [4.69, 9.17) is 4.74 Å². The molecular formula is C24H22F3NO3. The van der Waals surface area contributed by atoms with Crippen LogP contribution >= 0.6 is 0 Å². The fraction of sp³-hybridized carbons (Fsp3) is 0.458. The Balaban J connectivity index is 1.88. The number of hydrogen-bond donors (Lipinski definition) is 0. The zero-order valence-corrected chi connectivity index (χ0v) is 17.8. The number of Topliss-reactive ketones (excluding diaryl/α,β-unsaturated/α-hetero) is 2. The summed E-state index contributed by atoms with van der Waals surface area (Å²) in [6.07, 6.45) is -3.29. The number of benzene rings is 1. The van der Waals surface area contributed by atoms with Crippen molar-refractivity contribution in [3.05, 3.63) is 40.3 Å². The second-order valence-corrected chi connectivity index (χ2v) is 10.5. The zero-order chi connectivity index (χ0) is 22.5. The van der Waals surface area contributed by atoms with E-state index >= 15 is 0 Å². The van der Waals surface area contributed by atoms with E-state index in [1.165, 1.54) is 0 Å². The third kappa shape index (κ3) is 3.08. The van der Waals surface area contributed by atoms with Gasteiger partial charge in [0.05, 0.1) is 22.2 Å². The van der Waals surface area contributed by atoms with Gasteiger partial charge in [-0.25, -0.2) is 4.98 Å². The maximum atomic E-state index is 13.8. The van der Waals surface area contributed by atoms with E-state index in [1.54, 1.807) is 0 Å². The molecule has 4 nitrogen and oxygen atoms in total. The Kier molecular flexibility index (Phi) is 3.89. The Morgan fingerprint density at radius 2 is 1.58 bits per heavy atom. The van der Waals surface area contributed by atoms with Crippen LogP contribution in [0.1, 0.15) is 74.1 Å². The Bertz CT molecular complexity index is 1240. The second-order valence-electron chi connectivity index (χ2n) is 10.5. The van der Waals surface area contributed by atoms with E-state index in [1.807, 2.05) is 27.7 Å². The summed E-state index contributed by atoms with van der Waals surface area (Å²) in [4.78, 5) is 30.6. The lowest BCUT2D eigenvalue weighted by Gasteiger charge is -2.36. The number of fused-ring (bicyclic) bond motifs is 3. The summed E-state index contributed by atoms with van der Waals surface area (Å²) in [5.41, 5.74) is -0.535. The SMILES string of the molecule is CC1(C)CC(=O)C2=C(C1)Oc1nc3c(c4cc(C(F)(F)F)cc2c14)C(=O)CC(C)(C)C3. The van der Waals surface area contributed by atoms with E-state index in [-0.39, 0.29) is 63.2 Å². The number of rotatable bonds is 0. The second kappa shape index (κ2) is 5.96. The van der Waals surface area contributed by atoms with E-state index in [9.17, 15) is 22.8 Å². The maximum absolute atomic E-state index is 13.8. The molecule has 1 aromatic carbocycles. The normalized spacial score (nSPS) is 21.6. The molecule has 1 aliphatic heterocycles. The van der Waals surface area contributed by atoms with Gasteiger partial charge in [-0.1, -0.05) is 27.7 Å². The number of pyridine rings is 1. The minimum Gasteiger partial charge on any atom is -0.442 e. The van der Waals surface area contributed by atoms with Crippen molar-refractivity contribution in [2.75, 3.05) is 0 Å². The largest absolute Gasteiger partial charge is 0.442 e. The molecule has 0 spiro atoms. The van der Waals surface area contributed by atoms with Crippen LogP contribution in [-0.2, 0) is 17.4 Å². The van der Waals surface area contributed by atoms with Gasteiger partial charge in [0, 0.05) is 35.8 Å². The predicted molar refractivity (Wildman–Crippen MR) is 109 cm³/mol. The quantitative estimate of drug-likeness (QED) is 0.523. The maximum Gasteiger partial charge on any atom is 0.416 e. The van der Waals surface area contributed by atoms with E-state index < -0.39 is 11.7 Å². The molecule has 2 aromatic rings. The van der Waals surface area contributed by atoms with Gasteiger partial charge in [0.15, 0.2) is 11.6 Å². The molecule has 0 radical (unpaired) electrons. The molecule has 2 aliphatic carbocycles. The molecule has 0 unspecified atom stereocenters. The average Bonchev–Trinajstić information content (AvgIpc) is 2.57. The molecule has 1 aromatic heterocycles. The van der Waals surface area contributed by atoms with Crippen LogP contribution in [0.4, 0.5) is 13.2 Å². The van der Waals surface area contributed by atoms with E-state index in [2.05, 4.69) is 4.98 Å². The lowest BCUT2D eigenvalue weighted by Crippen LogP contribution is -2.31. The van der Waals surface area contributed by atoms with Crippen molar-refractivity contribution >= 4 is 27.9 Å². The van der Waals surface area contributed by atoms with Gasteiger partial charge < -0.3 is 4.74 Å². The number of nitrogens with zero attached hydrogens (tertiary/aromatic N) is 1. The summed E-state index contributed by atoms with van der Waals surface area (Å²) in [6.45, 7) is 7.73. The minimum atomic E-state index is -4.62. The lowest BCUT2D eigenvalue weighted by atomic mass is 9.72. The molecule has 0 amide bonds. The predicted octanol–water partition coefficient (Wildman–Crippen LogP) is 5.90. The van der Waals surface area contributed by atoms with E-state index in [0.717, 1.165) is 12.1 Å². The van der Waals surface area contributed by atoms with Gasteiger partial charge in [-0.15, -0.1) is 0 Å². The molecule has 0 fully saturated rings. The molecule has 162 valence electrons. The van der Waals surface area contributed by atoms with Gasteiger partial charge in [-0.3, -0.25) is 9.59 Å². The first-order valence-electron chi connectivity index (χ1n) is 10.3. The number of aromatic nitrogens is 1. The third-order valence-electron chi connectivity index (χ3n) is 6.36. The summed E-state index contributed by atoms with van der Waals surface area (Å²) in [5, 5.41) is 0.501. The van der Waals surface area contributed by atoms with Gasteiger partial charge in [0.1, 0.15) is 5.76 Å². The monoisotopic (exact) mass is 429 g/mol. The Morgan fingerprint density at radius 3 is 2.26 bits per heavy atom. The fourth-order valence-electron chi connectivity index (χ4n) is 5.14. The van der Waals surface area contributed by atoms with Crippen molar-refractivity contribution in [1.82, 2.24) is 4.98 Å². The summed E-state index contributed by atoms with van der Waals surface area (Å²) in [6, 6.07) is 2.01. The van der Waals surface area contributed by atoms with Crippen molar-refractivity contribution in [3.63, 3.8) is 0 Å². The highest BCUT2D eigenvalue weighted by Gasteiger charge is 2.42. The Morgan fingerprint density at radius 1 is 0.935 bits per heavy atom. The van der Waals surface area contributed by atoms with E-state index in [0.29, 0.717) is 29.7 Å². The molecule has 0 N–H and O–H groups in total. The fourth-order valence-corrected chi connectivity index (χ4v) is 5.14. The number of ketones is 2. The van der Waals surface area contributed by atoms with Crippen molar-refractivity contribution in [2.24, 2.45) is 10.8 Å². The summed E-state index contributed by atoms with van der Waals surface area (Å²) in [7, 11) is 0. The first kappa shape index (κ1) is 20.2. The molecule has 3 aliphatic rings. The van der Waals surface area contributed by atoms with Gasteiger partial charge in [-0.2, -0.15) is 13.2 Å². The molecule has 7 heteroatoms. The van der Waals surface area contributed by atoms with Crippen LogP contribution in [0.3, 0.4) is 0 Å². The lowest BCUT2D eigenvalue weighted by molar-refractivity contribution is -0.137. The van der Waals surface area contributed by atoms with Gasteiger partial charge in [-0.05, 0) is 29.4 Å². The summed E-state index contributed by atoms with van der Waals surface area (Å²) >= 11 is 0. The summed E-state index contributed by atoms with van der Waals surface area (Å²) < 4.78 is 47.5. The number of hydrogen-bond acceptors (Lipinski definition) is 4. The number of carbonyl (C=O) groups is 2. The van der Waals surface area contributed by atoms with Crippen LogP contribution in [0.5, 0.6) is 5.88 Å². The highest BCUT2D eigenvalue weighted by molar-refractivity contribution is 6.27.